The molecule has 0 saturated heterocycles. The third kappa shape index (κ3) is 5.99. The highest BCUT2D eigenvalue weighted by Gasteiger charge is 2.21. The van der Waals surface area contributed by atoms with Crippen LogP contribution in [0.5, 0.6) is 0 Å². The Labute approximate surface area is 138 Å². The summed E-state index contributed by atoms with van der Waals surface area (Å²) < 4.78 is 1.14. The number of benzene rings is 1. The maximum Gasteiger partial charge on any atom is 0.0341 e. The van der Waals surface area contributed by atoms with Crippen LogP contribution in [0.25, 0.3) is 0 Å². The molecule has 0 unspecified atom stereocenters. The lowest BCUT2D eigenvalue weighted by Gasteiger charge is -2.29. The van der Waals surface area contributed by atoms with Crippen LogP contribution in [-0.2, 0) is 0 Å². The van der Waals surface area contributed by atoms with Crippen molar-refractivity contribution in [3.05, 3.63) is 28.7 Å². The monoisotopic (exact) mass is 352 g/mol. The normalized spacial score (nSPS) is 16.0. The zero-order valence-electron chi connectivity index (χ0n) is 13.4. The molecule has 1 aliphatic carbocycles. The van der Waals surface area contributed by atoms with E-state index in [9.17, 15) is 0 Å². The number of nitrogens with one attached hydrogen (secondary N) is 1. The molecular formula is C18H29BrN2. The zero-order valence-corrected chi connectivity index (χ0v) is 15.0. The molecule has 21 heavy (non-hydrogen) atoms. The minimum atomic E-state index is 0.799. The standard InChI is InChI=1S/C18H29BrN2/c1-15(2)11-13-21(18-5-3-4-6-18)14-12-20-17-9-7-16(19)8-10-17/h7-10,15,18,20H,3-6,11-14H2,1-2H3. The maximum absolute atomic E-state index is 3.55. The van der Waals surface area contributed by atoms with Crippen LogP contribution in [0.3, 0.4) is 0 Å². The van der Waals surface area contributed by atoms with Gasteiger partial charge in [0.25, 0.3) is 0 Å². The summed E-state index contributed by atoms with van der Waals surface area (Å²) in [6, 6.07) is 9.29. The van der Waals surface area contributed by atoms with Gasteiger partial charge in [-0.1, -0.05) is 42.6 Å². The first kappa shape index (κ1) is 16.8. The summed E-state index contributed by atoms with van der Waals surface area (Å²) in [5.74, 6) is 0.799. The summed E-state index contributed by atoms with van der Waals surface area (Å²) in [5.41, 5.74) is 1.22. The highest BCUT2D eigenvalue weighted by atomic mass is 79.9. The summed E-state index contributed by atoms with van der Waals surface area (Å²) >= 11 is 3.48. The Bertz CT molecular complexity index is 396. The van der Waals surface area contributed by atoms with E-state index in [4.69, 9.17) is 0 Å². The Kier molecular flexibility index (Phi) is 7.05. The zero-order chi connectivity index (χ0) is 15.1. The van der Waals surface area contributed by atoms with Crippen LogP contribution >= 0.6 is 15.9 Å². The second-order valence-electron chi connectivity index (χ2n) is 6.59. The molecule has 2 nitrogen and oxygen atoms in total. The van der Waals surface area contributed by atoms with Gasteiger partial charge in [0, 0.05) is 29.3 Å². The predicted molar refractivity (Wildman–Crippen MR) is 95.9 cm³/mol. The smallest absolute Gasteiger partial charge is 0.0341 e. The molecular weight excluding hydrogens is 324 g/mol. The van der Waals surface area contributed by atoms with E-state index in [1.807, 2.05) is 0 Å². The second kappa shape index (κ2) is 8.79. The molecule has 1 aromatic carbocycles. The minimum absolute atomic E-state index is 0.799. The third-order valence-electron chi connectivity index (χ3n) is 4.41. The predicted octanol–water partition coefficient (Wildman–Crippen LogP) is 5.15. The summed E-state index contributed by atoms with van der Waals surface area (Å²) in [5, 5.41) is 3.55. The molecule has 0 spiro atoms. The van der Waals surface area contributed by atoms with Crippen molar-refractivity contribution in [1.82, 2.24) is 4.90 Å². The van der Waals surface area contributed by atoms with Gasteiger partial charge in [-0.2, -0.15) is 0 Å². The molecule has 0 amide bonds. The van der Waals surface area contributed by atoms with Gasteiger partial charge >= 0.3 is 0 Å². The van der Waals surface area contributed by atoms with Crippen LogP contribution in [0.1, 0.15) is 46.0 Å². The van der Waals surface area contributed by atoms with E-state index in [-0.39, 0.29) is 0 Å². The molecule has 0 radical (unpaired) electrons. The molecule has 1 saturated carbocycles. The van der Waals surface area contributed by atoms with Crippen LogP contribution in [0.2, 0.25) is 0 Å². The van der Waals surface area contributed by atoms with E-state index in [2.05, 4.69) is 64.3 Å². The van der Waals surface area contributed by atoms with Gasteiger partial charge in [0.1, 0.15) is 0 Å². The molecule has 1 fully saturated rings. The van der Waals surface area contributed by atoms with Gasteiger partial charge in [0.15, 0.2) is 0 Å². The van der Waals surface area contributed by atoms with Crippen molar-refractivity contribution in [2.24, 2.45) is 5.92 Å². The average Bonchev–Trinajstić information content (AvgIpc) is 2.98. The Morgan fingerprint density at radius 1 is 1.14 bits per heavy atom. The lowest BCUT2D eigenvalue weighted by Crippen LogP contribution is -2.38. The molecule has 0 aliphatic heterocycles. The highest BCUT2D eigenvalue weighted by Crippen LogP contribution is 2.24. The molecule has 0 aromatic heterocycles. The fourth-order valence-corrected chi connectivity index (χ4v) is 3.35. The van der Waals surface area contributed by atoms with Gasteiger partial charge < -0.3 is 5.32 Å². The van der Waals surface area contributed by atoms with Gasteiger partial charge in [-0.3, -0.25) is 4.90 Å². The topological polar surface area (TPSA) is 15.3 Å². The van der Waals surface area contributed by atoms with Crippen molar-refractivity contribution in [3.8, 4) is 0 Å². The number of hydrogen-bond acceptors (Lipinski definition) is 2. The number of halogens is 1. The van der Waals surface area contributed by atoms with Gasteiger partial charge in [-0.15, -0.1) is 0 Å². The second-order valence-corrected chi connectivity index (χ2v) is 7.51. The van der Waals surface area contributed by atoms with Gasteiger partial charge in [-0.05, 0) is 56.0 Å². The van der Waals surface area contributed by atoms with Crippen molar-refractivity contribution >= 4 is 21.6 Å². The maximum atomic E-state index is 3.55. The molecule has 3 heteroatoms. The van der Waals surface area contributed by atoms with Crippen molar-refractivity contribution in [2.75, 3.05) is 25.0 Å². The number of hydrogen-bond donors (Lipinski definition) is 1. The largest absolute Gasteiger partial charge is 0.384 e. The minimum Gasteiger partial charge on any atom is -0.384 e. The van der Waals surface area contributed by atoms with E-state index in [0.717, 1.165) is 29.5 Å². The van der Waals surface area contributed by atoms with Gasteiger partial charge in [0.05, 0.1) is 0 Å². The summed E-state index contributed by atoms with van der Waals surface area (Å²) in [6.45, 7) is 8.11. The van der Waals surface area contributed by atoms with Gasteiger partial charge in [0.2, 0.25) is 0 Å². The van der Waals surface area contributed by atoms with Crippen LogP contribution in [0.15, 0.2) is 28.7 Å². The first-order chi connectivity index (χ1) is 10.1. The van der Waals surface area contributed by atoms with E-state index >= 15 is 0 Å². The summed E-state index contributed by atoms with van der Waals surface area (Å²) in [4.78, 5) is 2.72. The van der Waals surface area contributed by atoms with Crippen LogP contribution in [0.4, 0.5) is 5.69 Å². The molecule has 0 bridgehead atoms. The fourth-order valence-electron chi connectivity index (χ4n) is 3.08. The van der Waals surface area contributed by atoms with Crippen LogP contribution in [-0.4, -0.2) is 30.6 Å². The van der Waals surface area contributed by atoms with Crippen molar-refractivity contribution in [3.63, 3.8) is 0 Å². The summed E-state index contributed by atoms with van der Waals surface area (Å²) in [7, 11) is 0. The molecule has 1 aliphatic rings. The van der Waals surface area contributed by atoms with E-state index in [0.29, 0.717) is 0 Å². The fraction of sp³-hybridized carbons (Fsp3) is 0.667. The van der Waals surface area contributed by atoms with E-state index in [1.165, 1.54) is 44.3 Å². The highest BCUT2D eigenvalue weighted by molar-refractivity contribution is 9.10. The van der Waals surface area contributed by atoms with Crippen LogP contribution in [0, 0.1) is 5.92 Å². The molecule has 1 aromatic rings. The van der Waals surface area contributed by atoms with Crippen molar-refractivity contribution in [1.29, 1.82) is 0 Å². The van der Waals surface area contributed by atoms with E-state index in [1.54, 1.807) is 0 Å². The first-order valence-electron chi connectivity index (χ1n) is 8.38. The average molecular weight is 353 g/mol. The Balaban J connectivity index is 1.78. The van der Waals surface area contributed by atoms with Gasteiger partial charge in [-0.25, -0.2) is 0 Å². The lowest BCUT2D eigenvalue weighted by atomic mass is 10.1. The molecule has 1 N–H and O–H groups in total. The molecule has 0 heterocycles. The Morgan fingerprint density at radius 3 is 2.43 bits per heavy atom. The number of nitrogens with zero attached hydrogens (tertiary/aromatic N) is 1. The van der Waals surface area contributed by atoms with E-state index < -0.39 is 0 Å². The van der Waals surface area contributed by atoms with Crippen molar-refractivity contribution in [2.45, 2.75) is 52.0 Å². The lowest BCUT2D eigenvalue weighted by molar-refractivity contribution is 0.195. The number of rotatable bonds is 8. The quantitative estimate of drug-likeness (QED) is 0.695. The molecule has 118 valence electrons. The SMILES string of the molecule is CC(C)CCN(CCNc1ccc(Br)cc1)C1CCCC1. The Hall–Kier alpha value is -0.540. The number of anilines is 1. The molecule has 0 atom stereocenters. The van der Waals surface area contributed by atoms with Crippen molar-refractivity contribution < 1.29 is 0 Å². The van der Waals surface area contributed by atoms with Crippen LogP contribution < -0.4 is 5.32 Å². The Morgan fingerprint density at radius 2 is 1.81 bits per heavy atom. The third-order valence-corrected chi connectivity index (χ3v) is 4.94. The summed E-state index contributed by atoms with van der Waals surface area (Å²) in [6.07, 6.45) is 6.95. The molecule has 2 rings (SSSR count). The first-order valence-corrected chi connectivity index (χ1v) is 9.18.